The van der Waals surface area contributed by atoms with Crippen LogP contribution in [0, 0.1) is 6.92 Å². The van der Waals surface area contributed by atoms with Gasteiger partial charge in [-0.15, -0.1) is 11.3 Å². The molecule has 5 heteroatoms. The van der Waals surface area contributed by atoms with Gasteiger partial charge in [0.1, 0.15) is 17.1 Å². The van der Waals surface area contributed by atoms with Crippen LogP contribution in [0.1, 0.15) is 10.6 Å². The summed E-state index contributed by atoms with van der Waals surface area (Å²) < 4.78 is 11.2. The highest BCUT2D eigenvalue weighted by molar-refractivity contribution is 7.10. The van der Waals surface area contributed by atoms with Crippen LogP contribution in [-0.2, 0) is 4.79 Å². The first-order valence-electron chi connectivity index (χ1n) is 8.68. The summed E-state index contributed by atoms with van der Waals surface area (Å²) in [5.41, 5.74) is 1.62. The van der Waals surface area contributed by atoms with E-state index in [4.69, 9.17) is 9.15 Å². The fraction of sp³-hybridized carbons (Fsp3) is 0.0435. The predicted molar refractivity (Wildman–Crippen MR) is 112 cm³/mol. The number of esters is 1. The van der Waals surface area contributed by atoms with Crippen LogP contribution in [-0.4, -0.2) is 5.97 Å². The first-order chi connectivity index (χ1) is 13.6. The van der Waals surface area contributed by atoms with Crippen molar-refractivity contribution < 1.29 is 13.9 Å². The van der Waals surface area contributed by atoms with Gasteiger partial charge >= 0.3 is 5.97 Å². The van der Waals surface area contributed by atoms with E-state index in [0.29, 0.717) is 28.0 Å². The molecule has 4 rings (SSSR count). The van der Waals surface area contributed by atoms with Crippen LogP contribution < -0.4 is 10.2 Å². The zero-order valence-corrected chi connectivity index (χ0v) is 15.9. The summed E-state index contributed by atoms with van der Waals surface area (Å²) >= 11 is 1.53. The molecule has 0 aliphatic rings. The Kier molecular flexibility index (Phi) is 4.91. The van der Waals surface area contributed by atoms with Gasteiger partial charge in [0, 0.05) is 17.0 Å². The summed E-state index contributed by atoms with van der Waals surface area (Å²) in [6.45, 7) is 1.76. The third-order valence-electron chi connectivity index (χ3n) is 4.25. The molecule has 0 aliphatic heterocycles. The van der Waals surface area contributed by atoms with Crippen LogP contribution in [0.3, 0.4) is 0 Å². The quantitative estimate of drug-likeness (QED) is 0.265. The van der Waals surface area contributed by atoms with Crippen molar-refractivity contribution in [2.45, 2.75) is 6.92 Å². The summed E-state index contributed by atoms with van der Waals surface area (Å²) in [7, 11) is 0. The molecule has 0 radical (unpaired) electrons. The molecule has 28 heavy (non-hydrogen) atoms. The maximum absolute atomic E-state index is 12.9. The van der Waals surface area contributed by atoms with Crippen molar-refractivity contribution in [2.75, 3.05) is 0 Å². The molecular formula is C23H16O4S. The average molecular weight is 388 g/mol. The van der Waals surface area contributed by atoms with Crippen molar-refractivity contribution in [1.82, 2.24) is 0 Å². The minimum absolute atomic E-state index is 0.111. The van der Waals surface area contributed by atoms with E-state index in [1.165, 1.54) is 17.4 Å². The molecule has 0 saturated carbocycles. The van der Waals surface area contributed by atoms with E-state index in [9.17, 15) is 9.59 Å². The second kappa shape index (κ2) is 7.66. The summed E-state index contributed by atoms with van der Waals surface area (Å²) in [6, 6.07) is 18.0. The van der Waals surface area contributed by atoms with E-state index < -0.39 is 5.97 Å². The maximum atomic E-state index is 12.9. The topological polar surface area (TPSA) is 56.5 Å². The second-order valence-corrected chi connectivity index (χ2v) is 7.14. The molecule has 0 fully saturated rings. The number of ether oxygens (including phenoxy) is 1. The molecule has 0 aliphatic carbocycles. The van der Waals surface area contributed by atoms with Gasteiger partial charge in [-0.05, 0) is 42.1 Å². The molecule has 0 N–H and O–H groups in total. The Balaban J connectivity index is 1.65. The van der Waals surface area contributed by atoms with Crippen LogP contribution in [0.15, 0.2) is 81.3 Å². The van der Waals surface area contributed by atoms with Crippen molar-refractivity contribution in [3.8, 4) is 16.9 Å². The third-order valence-corrected chi connectivity index (χ3v) is 5.09. The molecule has 2 heterocycles. The van der Waals surface area contributed by atoms with E-state index in [1.807, 2.05) is 47.8 Å². The molecule has 2 aromatic heterocycles. The first kappa shape index (κ1) is 17.9. The van der Waals surface area contributed by atoms with E-state index in [-0.39, 0.29) is 5.43 Å². The van der Waals surface area contributed by atoms with Crippen molar-refractivity contribution in [1.29, 1.82) is 0 Å². The molecular weight excluding hydrogens is 372 g/mol. The van der Waals surface area contributed by atoms with E-state index in [1.54, 1.807) is 31.2 Å². The number of hydrogen-bond donors (Lipinski definition) is 0. The molecule has 0 saturated heterocycles. The number of carbonyl (C=O) groups excluding carboxylic acids is 1. The smallest absolute Gasteiger partial charge is 0.336 e. The van der Waals surface area contributed by atoms with Crippen molar-refractivity contribution in [3.63, 3.8) is 0 Å². The zero-order valence-electron chi connectivity index (χ0n) is 15.0. The predicted octanol–water partition coefficient (Wildman–Crippen LogP) is 5.45. The minimum atomic E-state index is -0.493. The number of hydrogen-bond acceptors (Lipinski definition) is 5. The lowest BCUT2D eigenvalue weighted by atomic mass is 10.0. The Morgan fingerprint density at radius 3 is 2.64 bits per heavy atom. The van der Waals surface area contributed by atoms with Crippen LogP contribution in [0.2, 0.25) is 0 Å². The van der Waals surface area contributed by atoms with Crippen LogP contribution in [0.5, 0.6) is 5.75 Å². The zero-order chi connectivity index (χ0) is 19.5. The molecule has 0 bridgehead atoms. The lowest BCUT2D eigenvalue weighted by Gasteiger charge is -2.08. The molecule has 2 aromatic carbocycles. The van der Waals surface area contributed by atoms with Gasteiger partial charge in [0.05, 0.1) is 10.9 Å². The summed E-state index contributed by atoms with van der Waals surface area (Å²) in [5, 5.41) is 2.38. The molecule has 4 nitrogen and oxygen atoms in total. The highest BCUT2D eigenvalue weighted by Gasteiger charge is 2.14. The average Bonchev–Trinajstić information content (AvgIpc) is 3.21. The Morgan fingerprint density at radius 1 is 1.07 bits per heavy atom. The standard InChI is InChI=1S/C23H16O4S/c1-15-22(16-6-3-2-4-7-16)23(25)19-11-9-17(14-20(19)26-15)27-21(24)12-10-18-8-5-13-28-18/h2-14H,1H3/b12-10+. The summed E-state index contributed by atoms with van der Waals surface area (Å²) in [4.78, 5) is 25.9. The van der Waals surface area contributed by atoms with Crippen LogP contribution in [0.25, 0.3) is 28.2 Å². The van der Waals surface area contributed by atoms with Gasteiger partial charge in [0.2, 0.25) is 5.43 Å². The van der Waals surface area contributed by atoms with Crippen molar-refractivity contribution in [3.05, 3.63) is 93.0 Å². The molecule has 0 unspecified atom stereocenters. The fourth-order valence-electron chi connectivity index (χ4n) is 2.97. The third kappa shape index (κ3) is 3.66. The first-order valence-corrected chi connectivity index (χ1v) is 9.56. The van der Waals surface area contributed by atoms with Gasteiger partial charge in [0.15, 0.2) is 0 Å². The minimum Gasteiger partial charge on any atom is -0.460 e. The van der Waals surface area contributed by atoms with Crippen LogP contribution in [0.4, 0.5) is 0 Å². The van der Waals surface area contributed by atoms with Crippen molar-refractivity contribution in [2.24, 2.45) is 0 Å². The SMILES string of the molecule is Cc1oc2cc(OC(=O)/C=C/c3cccs3)ccc2c(=O)c1-c1ccccc1. The number of fused-ring (bicyclic) bond motifs is 1. The van der Waals surface area contributed by atoms with E-state index in [2.05, 4.69) is 0 Å². The van der Waals surface area contributed by atoms with Gasteiger partial charge < -0.3 is 9.15 Å². The Morgan fingerprint density at radius 2 is 1.89 bits per heavy atom. The normalized spacial score (nSPS) is 11.2. The van der Waals surface area contributed by atoms with Crippen molar-refractivity contribution >= 4 is 34.4 Å². The molecule has 138 valence electrons. The lowest BCUT2D eigenvalue weighted by Crippen LogP contribution is -2.08. The van der Waals surface area contributed by atoms with Gasteiger partial charge in [-0.25, -0.2) is 4.79 Å². The number of rotatable bonds is 4. The number of thiophene rings is 1. The fourth-order valence-corrected chi connectivity index (χ4v) is 3.59. The number of aryl methyl sites for hydroxylation is 1. The van der Waals surface area contributed by atoms with Gasteiger partial charge in [-0.1, -0.05) is 36.4 Å². The highest BCUT2D eigenvalue weighted by Crippen LogP contribution is 2.26. The van der Waals surface area contributed by atoms with Crippen LogP contribution >= 0.6 is 11.3 Å². The Bertz CT molecular complexity index is 1220. The molecule has 0 atom stereocenters. The highest BCUT2D eigenvalue weighted by atomic mass is 32.1. The molecule has 0 amide bonds. The number of benzene rings is 2. The summed E-state index contributed by atoms with van der Waals surface area (Å²) in [6.07, 6.45) is 3.07. The Hall–Kier alpha value is -3.44. The maximum Gasteiger partial charge on any atom is 0.336 e. The molecule has 4 aromatic rings. The largest absolute Gasteiger partial charge is 0.460 e. The van der Waals surface area contributed by atoms with E-state index >= 15 is 0 Å². The van der Waals surface area contributed by atoms with Gasteiger partial charge in [-0.2, -0.15) is 0 Å². The Labute approximate surface area is 165 Å². The van der Waals surface area contributed by atoms with Gasteiger partial charge in [-0.3, -0.25) is 4.79 Å². The molecule has 0 spiro atoms. The number of carbonyl (C=O) groups is 1. The van der Waals surface area contributed by atoms with E-state index in [0.717, 1.165) is 10.4 Å². The monoisotopic (exact) mass is 388 g/mol. The van der Waals surface area contributed by atoms with Gasteiger partial charge in [0.25, 0.3) is 0 Å². The second-order valence-electron chi connectivity index (χ2n) is 6.16. The summed E-state index contributed by atoms with van der Waals surface area (Å²) in [5.74, 6) is 0.348. The lowest BCUT2D eigenvalue weighted by molar-refractivity contribution is -0.128.